The molecule has 1 heterocycles. The lowest BCUT2D eigenvalue weighted by molar-refractivity contribution is -0.126. The van der Waals surface area contributed by atoms with Crippen molar-refractivity contribution >= 4 is 34.9 Å². The first-order valence-electron chi connectivity index (χ1n) is 12.3. The third-order valence-electron chi connectivity index (χ3n) is 6.21. The van der Waals surface area contributed by atoms with Crippen molar-refractivity contribution in [2.45, 2.75) is 19.1 Å². The summed E-state index contributed by atoms with van der Waals surface area (Å²) in [6, 6.07) is 22.6. The minimum atomic E-state index is -1.12. The molecule has 0 fully saturated rings. The van der Waals surface area contributed by atoms with Gasteiger partial charge in [-0.15, -0.1) is 0 Å². The van der Waals surface area contributed by atoms with Crippen LogP contribution in [-0.2, 0) is 17.9 Å². The zero-order valence-corrected chi connectivity index (χ0v) is 22.8. The second-order valence-corrected chi connectivity index (χ2v) is 9.55. The summed E-state index contributed by atoms with van der Waals surface area (Å²) < 4.78 is 14.9. The number of methoxy groups -OCH3 is 2. The molecule has 10 nitrogen and oxygen atoms in total. The van der Waals surface area contributed by atoms with Gasteiger partial charge in [-0.2, -0.15) is 4.37 Å². The van der Waals surface area contributed by atoms with Crippen LogP contribution < -0.4 is 26.3 Å². The smallest absolute Gasteiger partial charge is 0.270 e. The number of aromatic nitrogens is 1. The third kappa shape index (κ3) is 6.21. The zero-order valence-electron chi connectivity index (χ0n) is 22.0. The van der Waals surface area contributed by atoms with Crippen LogP contribution in [0.2, 0.25) is 0 Å². The van der Waals surface area contributed by atoms with Crippen LogP contribution in [0, 0.1) is 0 Å². The lowest BCUT2D eigenvalue weighted by Gasteiger charge is -2.31. The Bertz CT molecular complexity index is 1490. The molecule has 4 aromatic rings. The SMILES string of the molecule is COc1ccc([C@@H](C(=O)NCc2ccccc2)N(Cc2ccccc2)C(=O)c2snc(C(N)=O)c2N)cc1OC. The summed E-state index contributed by atoms with van der Waals surface area (Å²) in [7, 11) is 3.00. The number of amides is 3. The first kappa shape index (κ1) is 28.1. The Labute approximate surface area is 235 Å². The average Bonchev–Trinajstić information content (AvgIpc) is 3.37. The second kappa shape index (κ2) is 12.8. The van der Waals surface area contributed by atoms with Crippen molar-refractivity contribution in [2.75, 3.05) is 20.0 Å². The van der Waals surface area contributed by atoms with Gasteiger partial charge in [-0.3, -0.25) is 14.4 Å². The summed E-state index contributed by atoms with van der Waals surface area (Å²) >= 11 is 0.756. The maximum atomic E-state index is 14.1. The maximum absolute atomic E-state index is 14.1. The highest BCUT2D eigenvalue weighted by Gasteiger charge is 2.35. The standard InChI is InChI=1S/C29H29N5O5S/c1-38-21-14-13-20(15-22(21)39-2)25(28(36)32-16-18-9-5-3-6-10-18)34(17-19-11-7-4-8-12-19)29(37)26-23(30)24(27(31)35)33-40-26/h3-15,25H,16-17,30H2,1-2H3,(H2,31,35)(H,32,36)/t25-/m0/s1. The van der Waals surface area contributed by atoms with E-state index in [4.69, 9.17) is 20.9 Å². The van der Waals surface area contributed by atoms with Crippen LogP contribution in [0.25, 0.3) is 0 Å². The monoisotopic (exact) mass is 559 g/mol. The first-order chi connectivity index (χ1) is 19.3. The number of anilines is 1. The molecule has 0 spiro atoms. The Morgan fingerprint density at radius 2 is 1.55 bits per heavy atom. The molecule has 0 bridgehead atoms. The number of rotatable bonds is 11. The molecule has 206 valence electrons. The molecule has 0 radical (unpaired) electrons. The van der Waals surface area contributed by atoms with Gasteiger partial charge in [0.2, 0.25) is 5.91 Å². The van der Waals surface area contributed by atoms with E-state index in [1.807, 2.05) is 60.7 Å². The molecule has 0 aliphatic carbocycles. The largest absolute Gasteiger partial charge is 0.493 e. The van der Waals surface area contributed by atoms with Gasteiger partial charge in [0.15, 0.2) is 17.2 Å². The van der Waals surface area contributed by atoms with Gasteiger partial charge in [-0.05, 0) is 40.4 Å². The van der Waals surface area contributed by atoms with E-state index in [0.29, 0.717) is 17.1 Å². The summed E-state index contributed by atoms with van der Waals surface area (Å²) in [6.45, 7) is 0.298. The van der Waals surface area contributed by atoms with E-state index in [9.17, 15) is 14.4 Å². The van der Waals surface area contributed by atoms with Crippen LogP contribution in [0.1, 0.15) is 42.9 Å². The quantitative estimate of drug-likeness (QED) is 0.254. The molecule has 11 heteroatoms. The fourth-order valence-corrected chi connectivity index (χ4v) is 4.96. The van der Waals surface area contributed by atoms with Crippen molar-refractivity contribution in [1.29, 1.82) is 0 Å². The van der Waals surface area contributed by atoms with E-state index in [2.05, 4.69) is 9.69 Å². The average molecular weight is 560 g/mol. The molecule has 0 aliphatic rings. The van der Waals surface area contributed by atoms with Gasteiger partial charge in [0.05, 0.1) is 19.9 Å². The van der Waals surface area contributed by atoms with Crippen LogP contribution in [0.4, 0.5) is 5.69 Å². The van der Waals surface area contributed by atoms with Crippen molar-refractivity contribution in [3.05, 3.63) is 106 Å². The molecular formula is C29H29N5O5S. The molecular weight excluding hydrogens is 530 g/mol. The molecule has 40 heavy (non-hydrogen) atoms. The number of carbonyl (C=O) groups excluding carboxylic acids is 3. The minimum Gasteiger partial charge on any atom is -0.493 e. The number of nitrogens with two attached hydrogens (primary N) is 2. The molecule has 0 unspecified atom stereocenters. The molecule has 1 aromatic heterocycles. The predicted molar refractivity (Wildman–Crippen MR) is 152 cm³/mol. The zero-order chi connectivity index (χ0) is 28.6. The van der Waals surface area contributed by atoms with Gasteiger partial charge in [0, 0.05) is 13.1 Å². The van der Waals surface area contributed by atoms with Crippen LogP contribution in [-0.4, -0.2) is 41.2 Å². The van der Waals surface area contributed by atoms with Crippen molar-refractivity contribution in [3.8, 4) is 11.5 Å². The molecule has 0 saturated heterocycles. The highest BCUT2D eigenvalue weighted by Crippen LogP contribution is 2.35. The van der Waals surface area contributed by atoms with Crippen LogP contribution >= 0.6 is 11.5 Å². The Morgan fingerprint density at radius 1 is 0.925 bits per heavy atom. The third-order valence-corrected chi connectivity index (χ3v) is 7.06. The van der Waals surface area contributed by atoms with E-state index in [1.165, 1.54) is 19.1 Å². The summed E-state index contributed by atoms with van der Waals surface area (Å²) in [5.41, 5.74) is 13.3. The van der Waals surface area contributed by atoms with Gasteiger partial charge in [-0.25, -0.2) is 0 Å². The normalized spacial score (nSPS) is 11.3. The summed E-state index contributed by atoms with van der Waals surface area (Å²) in [5.74, 6) is -1.01. The van der Waals surface area contributed by atoms with E-state index in [0.717, 1.165) is 22.7 Å². The Kier molecular flexibility index (Phi) is 8.97. The summed E-state index contributed by atoms with van der Waals surface area (Å²) in [5, 5.41) is 2.95. The highest BCUT2D eigenvalue weighted by atomic mass is 32.1. The number of ether oxygens (including phenoxy) is 2. The van der Waals surface area contributed by atoms with E-state index >= 15 is 0 Å². The van der Waals surface area contributed by atoms with Crippen LogP contribution in [0.3, 0.4) is 0 Å². The van der Waals surface area contributed by atoms with Gasteiger partial charge < -0.3 is 31.2 Å². The summed E-state index contributed by atoms with van der Waals surface area (Å²) in [6.07, 6.45) is 0. The Balaban J connectivity index is 1.82. The van der Waals surface area contributed by atoms with Gasteiger partial charge in [0.1, 0.15) is 10.9 Å². The number of primary amides is 1. The number of carbonyl (C=O) groups is 3. The van der Waals surface area contributed by atoms with Crippen molar-refractivity contribution in [1.82, 2.24) is 14.6 Å². The van der Waals surface area contributed by atoms with Gasteiger partial charge in [0.25, 0.3) is 11.8 Å². The van der Waals surface area contributed by atoms with Crippen molar-refractivity contribution < 1.29 is 23.9 Å². The number of benzene rings is 3. The molecule has 3 aromatic carbocycles. The van der Waals surface area contributed by atoms with Crippen LogP contribution in [0.5, 0.6) is 11.5 Å². The predicted octanol–water partition coefficient (Wildman–Crippen LogP) is 3.54. The first-order valence-corrected chi connectivity index (χ1v) is 13.0. The van der Waals surface area contributed by atoms with Crippen molar-refractivity contribution in [2.24, 2.45) is 5.73 Å². The lowest BCUT2D eigenvalue weighted by atomic mass is 10.0. The maximum Gasteiger partial charge on any atom is 0.270 e. The fourth-order valence-electron chi connectivity index (χ4n) is 4.20. The fraction of sp³-hybridized carbons (Fsp3) is 0.172. The van der Waals surface area contributed by atoms with E-state index in [1.54, 1.807) is 18.2 Å². The number of nitrogen functional groups attached to an aromatic ring is 1. The molecule has 3 amide bonds. The Morgan fingerprint density at radius 3 is 2.12 bits per heavy atom. The highest BCUT2D eigenvalue weighted by molar-refractivity contribution is 7.09. The lowest BCUT2D eigenvalue weighted by Crippen LogP contribution is -2.43. The minimum absolute atomic E-state index is 0.00562. The Hall–Kier alpha value is -4.90. The number of hydrogen-bond acceptors (Lipinski definition) is 8. The number of nitrogens with zero attached hydrogens (tertiary/aromatic N) is 2. The van der Waals surface area contributed by atoms with Crippen molar-refractivity contribution in [3.63, 3.8) is 0 Å². The molecule has 0 aliphatic heterocycles. The topological polar surface area (TPSA) is 150 Å². The second-order valence-electron chi connectivity index (χ2n) is 8.78. The van der Waals surface area contributed by atoms with E-state index < -0.39 is 23.8 Å². The molecule has 5 N–H and O–H groups in total. The molecule has 1 atom stereocenters. The van der Waals surface area contributed by atoms with E-state index in [-0.39, 0.29) is 29.3 Å². The number of nitrogens with one attached hydrogen (secondary N) is 1. The summed E-state index contributed by atoms with van der Waals surface area (Å²) in [4.78, 5) is 41.3. The van der Waals surface area contributed by atoms with Crippen LogP contribution in [0.15, 0.2) is 78.9 Å². The molecule has 4 rings (SSSR count). The molecule has 0 saturated carbocycles. The number of hydrogen-bond donors (Lipinski definition) is 3. The van der Waals surface area contributed by atoms with Gasteiger partial charge in [-0.1, -0.05) is 66.7 Å². The van der Waals surface area contributed by atoms with Gasteiger partial charge >= 0.3 is 0 Å².